The number of thioether (sulfide) groups is 1. The highest BCUT2D eigenvalue weighted by Crippen LogP contribution is 2.32. The zero-order chi connectivity index (χ0) is 22.0. The molecule has 0 spiro atoms. The molecule has 0 fully saturated rings. The molecule has 4 aromatic rings. The lowest BCUT2D eigenvalue weighted by Crippen LogP contribution is -2.14. The molecule has 0 amide bonds. The number of fused-ring (bicyclic) bond motifs is 1. The van der Waals surface area contributed by atoms with Crippen LogP contribution in [0.4, 0.5) is 0 Å². The van der Waals surface area contributed by atoms with Crippen molar-refractivity contribution in [2.75, 3.05) is 7.11 Å². The first-order valence-electron chi connectivity index (χ1n) is 9.57. The molecule has 5 nitrogen and oxygen atoms in total. The molecule has 0 saturated heterocycles. The molecule has 2 aromatic heterocycles. The van der Waals surface area contributed by atoms with Crippen molar-refractivity contribution >= 4 is 45.3 Å². The topological polar surface area (TPSA) is 61.2 Å². The van der Waals surface area contributed by atoms with Crippen LogP contribution >= 0.6 is 23.4 Å². The summed E-state index contributed by atoms with van der Waals surface area (Å²) in [6, 6.07) is 15.9. The SMILES string of the molecule is COc1ccc2c(c1)c(CC(=O)Sc1cccnc1)c(C)n2C(=O)c1ccc(Cl)cc1. The second-order valence-electron chi connectivity index (χ2n) is 6.93. The lowest BCUT2D eigenvalue weighted by molar-refractivity contribution is -0.110. The first kappa shape index (κ1) is 21.2. The van der Waals surface area contributed by atoms with Crippen molar-refractivity contribution in [1.82, 2.24) is 9.55 Å². The van der Waals surface area contributed by atoms with Crippen LogP contribution in [0.2, 0.25) is 5.02 Å². The van der Waals surface area contributed by atoms with Crippen molar-refractivity contribution in [1.29, 1.82) is 0 Å². The molecule has 156 valence electrons. The number of carbonyl (C=O) groups is 2. The van der Waals surface area contributed by atoms with E-state index in [0.717, 1.165) is 38.8 Å². The number of carbonyl (C=O) groups excluding carboxylic acids is 2. The van der Waals surface area contributed by atoms with Crippen LogP contribution in [-0.2, 0) is 11.2 Å². The Hall–Kier alpha value is -3.09. The summed E-state index contributed by atoms with van der Waals surface area (Å²) in [4.78, 5) is 31.0. The van der Waals surface area contributed by atoms with Gasteiger partial charge in [-0.25, -0.2) is 0 Å². The minimum Gasteiger partial charge on any atom is -0.497 e. The maximum atomic E-state index is 13.3. The van der Waals surface area contributed by atoms with Crippen LogP contribution in [0.1, 0.15) is 21.6 Å². The Morgan fingerprint density at radius 2 is 1.90 bits per heavy atom. The summed E-state index contributed by atoms with van der Waals surface area (Å²) >= 11 is 7.11. The number of methoxy groups -OCH3 is 1. The van der Waals surface area contributed by atoms with E-state index < -0.39 is 0 Å². The Bertz CT molecular complexity index is 1270. The van der Waals surface area contributed by atoms with Gasteiger partial charge in [0.2, 0.25) is 0 Å². The van der Waals surface area contributed by atoms with Gasteiger partial charge in [-0.05, 0) is 78.8 Å². The molecule has 0 aliphatic rings. The highest BCUT2D eigenvalue weighted by molar-refractivity contribution is 8.13. The summed E-state index contributed by atoms with van der Waals surface area (Å²) in [7, 11) is 1.59. The molecular weight excluding hydrogens is 432 g/mol. The fourth-order valence-corrected chi connectivity index (χ4v) is 4.38. The van der Waals surface area contributed by atoms with E-state index in [-0.39, 0.29) is 17.4 Å². The molecule has 31 heavy (non-hydrogen) atoms. The lowest BCUT2D eigenvalue weighted by Gasteiger charge is -2.08. The predicted molar refractivity (Wildman–Crippen MR) is 123 cm³/mol. The van der Waals surface area contributed by atoms with E-state index in [1.807, 2.05) is 31.2 Å². The molecule has 0 N–H and O–H groups in total. The summed E-state index contributed by atoms with van der Waals surface area (Å²) in [6.45, 7) is 1.86. The van der Waals surface area contributed by atoms with E-state index in [4.69, 9.17) is 16.3 Å². The molecule has 0 radical (unpaired) electrons. The third kappa shape index (κ3) is 4.36. The first-order chi connectivity index (χ1) is 15.0. The summed E-state index contributed by atoms with van der Waals surface area (Å²) < 4.78 is 7.03. The highest BCUT2D eigenvalue weighted by Gasteiger charge is 2.22. The van der Waals surface area contributed by atoms with Crippen molar-refractivity contribution < 1.29 is 14.3 Å². The van der Waals surface area contributed by atoms with E-state index in [1.54, 1.807) is 54.4 Å². The Balaban J connectivity index is 1.77. The van der Waals surface area contributed by atoms with Crippen molar-refractivity contribution in [3.05, 3.63) is 88.8 Å². The smallest absolute Gasteiger partial charge is 0.262 e. The second kappa shape index (κ2) is 8.96. The van der Waals surface area contributed by atoms with E-state index in [0.29, 0.717) is 16.3 Å². The number of nitrogens with zero attached hydrogens (tertiary/aromatic N) is 2. The van der Waals surface area contributed by atoms with Crippen LogP contribution in [0.25, 0.3) is 10.9 Å². The van der Waals surface area contributed by atoms with Gasteiger partial charge in [0.05, 0.1) is 12.6 Å². The Kier molecular flexibility index (Phi) is 6.11. The van der Waals surface area contributed by atoms with Crippen LogP contribution in [-0.4, -0.2) is 27.7 Å². The molecule has 0 atom stereocenters. The van der Waals surface area contributed by atoms with E-state index >= 15 is 0 Å². The Morgan fingerprint density at radius 1 is 1.13 bits per heavy atom. The minimum absolute atomic E-state index is 0.0306. The van der Waals surface area contributed by atoms with Crippen LogP contribution in [0.3, 0.4) is 0 Å². The molecule has 7 heteroatoms. The van der Waals surface area contributed by atoms with Gasteiger partial charge in [-0.1, -0.05) is 11.6 Å². The van der Waals surface area contributed by atoms with Crippen LogP contribution < -0.4 is 4.74 Å². The summed E-state index contributed by atoms with van der Waals surface area (Å²) in [6.07, 6.45) is 3.50. The number of hydrogen-bond donors (Lipinski definition) is 0. The van der Waals surface area contributed by atoms with E-state index in [1.165, 1.54) is 0 Å². The molecule has 2 aromatic carbocycles. The molecule has 4 rings (SSSR count). The van der Waals surface area contributed by atoms with Gasteiger partial charge in [-0.2, -0.15) is 0 Å². The van der Waals surface area contributed by atoms with Gasteiger partial charge in [0.15, 0.2) is 5.12 Å². The monoisotopic (exact) mass is 450 g/mol. The van der Waals surface area contributed by atoms with Gasteiger partial charge in [0.25, 0.3) is 5.91 Å². The number of rotatable bonds is 5. The van der Waals surface area contributed by atoms with Gasteiger partial charge >= 0.3 is 0 Å². The fraction of sp³-hybridized carbons (Fsp3) is 0.125. The normalized spacial score (nSPS) is 10.9. The largest absolute Gasteiger partial charge is 0.497 e. The maximum Gasteiger partial charge on any atom is 0.262 e. The van der Waals surface area contributed by atoms with Crippen molar-refractivity contribution in [2.45, 2.75) is 18.2 Å². The first-order valence-corrected chi connectivity index (χ1v) is 10.8. The number of pyridine rings is 1. The van der Waals surface area contributed by atoms with Crippen LogP contribution in [0.5, 0.6) is 5.75 Å². The van der Waals surface area contributed by atoms with E-state index in [2.05, 4.69) is 4.98 Å². The number of halogens is 1. The van der Waals surface area contributed by atoms with Gasteiger partial charge < -0.3 is 4.74 Å². The predicted octanol–water partition coefficient (Wildman–Crippen LogP) is 5.56. The molecule has 0 aliphatic carbocycles. The molecule has 2 heterocycles. The van der Waals surface area contributed by atoms with Gasteiger partial charge in [-0.15, -0.1) is 0 Å². The molecule has 0 bridgehead atoms. The van der Waals surface area contributed by atoms with Crippen molar-refractivity contribution in [2.24, 2.45) is 0 Å². The fourth-order valence-electron chi connectivity index (χ4n) is 3.52. The van der Waals surface area contributed by atoms with E-state index in [9.17, 15) is 9.59 Å². The maximum absolute atomic E-state index is 13.3. The number of hydrogen-bond acceptors (Lipinski definition) is 5. The third-order valence-electron chi connectivity index (χ3n) is 5.02. The zero-order valence-corrected chi connectivity index (χ0v) is 18.5. The number of benzene rings is 2. The molecule has 0 aliphatic heterocycles. The van der Waals surface area contributed by atoms with Crippen LogP contribution in [0.15, 0.2) is 71.9 Å². The standard InChI is InChI=1S/C24H19ClN2O3S/c1-15-20(13-23(28)31-19-4-3-11-26-14-19)21-12-18(30-2)9-10-22(21)27(15)24(29)16-5-7-17(25)8-6-16/h3-12,14H,13H2,1-2H3. The van der Waals surface area contributed by atoms with Crippen molar-refractivity contribution in [3.63, 3.8) is 0 Å². The number of aromatic nitrogens is 2. The highest BCUT2D eigenvalue weighted by atomic mass is 35.5. The Labute approximate surface area is 189 Å². The summed E-state index contributed by atoms with van der Waals surface area (Å²) in [5.74, 6) is 0.486. The Morgan fingerprint density at radius 3 is 2.58 bits per heavy atom. The second-order valence-corrected chi connectivity index (χ2v) is 8.50. The zero-order valence-electron chi connectivity index (χ0n) is 17.0. The van der Waals surface area contributed by atoms with Gasteiger partial charge in [0, 0.05) is 45.4 Å². The number of ether oxygens (including phenoxy) is 1. The third-order valence-corrected chi connectivity index (χ3v) is 6.12. The average molecular weight is 451 g/mol. The van der Waals surface area contributed by atoms with Crippen molar-refractivity contribution in [3.8, 4) is 5.75 Å². The minimum atomic E-state index is -0.178. The molecule has 0 unspecified atom stereocenters. The quantitative estimate of drug-likeness (QED) is 0.373. The lowest BCUT2D eigenvalue weighted by atomic mass is 10.1. The van der Waals surface area contributed by atoms with Gasteiger partial charge in [0.1, 0.15) is 5.75 Å². The summed E-state index contributed by atoms with van der Waals surface area (Å²) in [5, 5.41) is 1.35. The van der Waals surface area contributed by atoms with Gasteiger partial charge in [-0.3, -0.25) is 19.1 Å². The molecular formula is C24H19ClN2O3S. The van der Waals surface area contributed by atoms with Crippen LogP contribution in [0, 0.1) is 6.92 Å². The summed E-state index contributed by atoms with van der Waals surface area (Å²) in [5.41, 5.74) is 2.77. The molecule has 0 saturated carbocycles. The average Bonchev–Trinajstić information content (AvgIpc) is 3.05.